The SMILES string of the molecule is Cc1c(F)c(F)c(F)c(OC=O)c1F. The number of ether oxygens (including phenoxy) is 1. The quantitative estimate of drug-likeness (QED) is 0.322. The second-order valence-corrected chi connectivity index (χ2v) is 2.42. The van der Waals surface area contributed by atoms with Crippen LogP contribution in [0.2, 0.25) is 0 Å². The zero-order valence-corrected chi connectivity index (χ0v) is 6.91. The number of halogens is 4. The molecule has 0 fully saturated rings. The highest BCUT2D eigenvalue weighted by atomic mass is 19.2. The molecule has 0 aliphatic carbocycles. The van der Waals surface area contributed by atoms with Gasteiger partial charge < -0.3 is 4.74 Å². The Morgan fingerprint density at radius 3 is 2.07 bits per heavy atom. The zero-order chi connectivity index (χ0) is 10.9. The van der Waals surface area contributed by atoms with E-state index in [2.05, 4.69) is 4.74 Å². The van der Waals surface area contributed by atoms with Crippen LogP contribution in [0.5, 0.6) is 5.75 Å². The molecule has 0 saturated carbocycles. The van der Waals surface area contributed by atoms with Gasteiger partial charge in [-0.1, -0.05) is 0 Å². The standard InChI is InChI=1S/C8H4F4O2/c1-3-4(9)6(11)7(12)8(5(3)10)14-2-13/h2H,1H3. The molecule has 1 rings (SSSR count). The average molecular weight is 208 g/mol. The van der Waals surface area contributed by atoms with Crippen LogP contribution < -0.4 is 4.74 Å². The molecule has 0 saturated heterocycles. The fourth-order valence-corrected chi connectivity index (χ4v) is 0.875. The largest absolute Gasteiger partial charge is 0.422 e. The lowest BCUT2D eigenvalue weighted by atomic mass is 10.2. The maximum atomic E-state index is 13.0. The maximum absolute atomic E-state index is 13.0. The molecule has 0 unspecified atom stereocenters. The minimum Gasteiger partial charge on any atom is -0.422 e. The highest BCUT2D eigenvalue weighted by Gasteiger charge is 2.24. The summed E-state index contributed by atoms with van der Waals surface area (Å²) in [5.41, 5.74) is -0.749. The van der Waals surface area contributed by atoms with Crippen molar-refractivity contribution in [3.8, 4) is 5.75 Å². The maximum Gasteiger partial charge on any atom is 0.298 e. The van der Waals surface area contributed by atoms with Gasteiger partial charge in [0, 0.05) is 5.56 Å². The van der Waals surface area contributed by atoms with Gasteiger partial charge in [0.05, 0.1) is 0 Å². The van der Waals surface area contributed by atoms with E-state index in [9.17, 15) is 22.4 Å². The number of carbonyl (C=O) groups is 1. The monoisotopic (exact) mass is 208 g/mol. The lowest BCUT2D eigenvalue weighted by Gasteiger charge is -2.06. The third-order valence-electron chi connectivity index (χ3n) is 1.61. The molecule has 2 nitrogen and oxygen atoms in total. The van der Waals surface area contributed by atoms with Crippen molar-refractivity contribution < 1.29 is 27.1 Å². The lowest BCUT2D eigenvalue weighted by molar-refractivity contribution is -0.121. The summed E-state index contributed by atoms with van der Waals surface area (Å²) < 4.78 is 54.9. The molecule has 0 N–H and O–H groups in total. The fraction of sp³-hybridized carbons (Fsp3) is 0.125. The first-order chi connectivity index (χ1) is 6.50. The van der Waals surface area contributed by atoms with Crippen molar-refractivity contribution >= 4 is 6.47 Å². The van der Waals surface area contributed by atoms with Crippen molar-refractivity contribution in [1.29, 1.82) is 0 Å². The molecule has 1 aromatic carbocycles. The molecular formula is C8H4F4O2. The van der Waals surface area contributed by atoms with Gasteiger partial charge in [-0.15, -0.1) is 0 Å². The Kier molecular flexibility index (Phi) is 2.73. The molecule has 0 aromatic heterocycles. The molecule has 0 aliphatic heterocycles. The van der Waals surface area contributed by atoms with E-state index in [-0.39, 0.29) is 6.47 Å². The van der Waals surface area contributed by atoms with Gasteiger partial charge in [0.15, 0.2) is 17.5 Å². The van der Waals surface area contributed by atoms with E-state index >= 15 is 0 Å². The Labute approximate surface area is 76.1 Å². The van der Waals surface area contributed by atoms with E-state index in [1.807, 2.05) is 0 Å². The van der Waals surface area contributed by atoms with Gasteiger partial charge in [0.25, 0.3) is 6.47 Å². The Balaban J connectivity index is 3.50. The van der Waals surface area contributed by atoms with Crippen LogP contribution in [0.15, 0.2) is 0 Å². The van der Waals surface area contributed by atoms with Crippen LogP contribution in [0.3, 0.4) is 0 Å². The summed E-state index contributed by atoms with van der Waals surface area (Å²) >= 11 is 0. The zero-order valence-electron chi connectivity index (χ0n) is 6.91. The van der Waals surface area contributed by atoms with Crippen LogP contribution in [-0.2, 0) is 4.79 Å². The van der Waals surface area contributed by atoms with E-state index in [0.29, 0.717) is 0 Å². The van der Waals surface area contributed by atoms with E-state index in [1.54, 1.807) is 0 Å². The molecule has 0 radical (unpaired) electrons. The third kappa shape index (κ3) is 1.43. The smallest absolute Gasteiger partial charge is 0.298 e. The van der Waals surface area contributed by atoms with Gasteiger partial charge in [-0.2, -0.15) is 4.39 Å². The first-order valence-corrected chi connectivity index (χ1v) is 3.43. The van der Waals surface area contributed by atoms with Crippen molar-refractivity contribution in [3.05, 3.63) is 28.8 Å². The van der Waals surface area contributed by atoms with Gasteiger partial charge in [-0.05, 0) is 6.92 Å². The molecule has 6 heteroatoms. The van der Waals surface area contributed by atoms with Gasteiger partial charge in [-0.25, -0.2) is 13.2 Å². The van der Waals surface area contributed by atoms with Crippen LogP contribution in [0.4, 0.5) is 17.6 Å². The van der Waals surface area contributed by atoms with Crippen LogP contribution >= 0.6 is 0 Å². The molecular weight excluding hydrogens is 204 g/mol. The highest BCUT2D eigenvalue weighted by molar-refractivity contribution is 5.47. The van der Waals surface area contributed by atoms with Crippen molar-refractivity contribution in [2.75, 3.05) is 0 Å². The molecule has 0 bridgehead atoms. The molecule has 0 amide bonds. The summed E-state index contributed by atoms with van der Waals surface area (Å²) in [4.78, 5) is 9.81. The second-order valence-electron chi connectivity index (χ2n) is 2.42. The second kappa shape index (κ2) is 3.65. The average Bonchev–Trinajstić information content (AvgIpc) is 2.19. The normalized spacial score (nSPS) is 10.1. The van der Waals surface area contributed by atoms with E-state index in [4.69, 9.17) is 0 Å². The van der Waals surface area contributed by atoms with Crippen LogP contribution in [0, 0.1) is 30.2 Å². The van der Waals surface area contributed by atoms with Gasteiger partial charge in [0.1, 0.15) is 0 Å². The minimum absolute atomic E-state index is 0.279. The van der Waals surface area contributed by atoms with E-state index < -0.39 is 34.6 Å². The molecule has 76 valence electrons. The highest BCUT2D eigenvalue weighted by Crippen LogP contribution is 2.28. The number of rotatable bonds is 2. The predicted molar refractivity (Wildman–Crippen MR) is 37.7 cm³/mol. The van der Waals surface area contributed by atoms with Crippen molar-refractivity contribution in [1.82, 2.24) is 0 Å². The first kappa shape index (κ1) is 10.5. The Bertz CT molecular complexity index is 360. The molecule has 0 aliphatic rings. The number of benzene rings is 1. The predicted octanol–water partition coefficient (Wildman–Crippen LogP) is 2.09. The Hall–Kier alpha value is -1.59. The fourth-order valence-electron chi connectivity index (χ4n) is 0.875. The summed E-state index contributed by atoms with van der Waals surface area (Å²) in [5.74, 6) is -8.05. The van der Waals surface area contributed by atoms with Crippen molar-refractivity contribution in [2.45, 2.75) is 6.92 Å². The van der Waals surface area contributed by atoms with E-state index in [1.165, 1.54) is 0 Å². The van der Waals surface area contributed by atoms with E-state index in [0.717, 1.165) is 6.92 Å². The molecule has 0 spiro atoms. The van der Waals surface area contributed by atoms with Crippen LogP contribution in [0.25, 0.3) is 0 Å². The summed E-state index contributed by atoms with van der Waals surface area (Å²) in [6.07, 6.45) is 0. The van der Waals surface area contributed by atoms with Gasteiger partial charge in [0.2, 0.25) is 11.6 Å². The van der Waals surface area contributed by atoms with Crippen molar-refractivity contribution in [3.63, 3.8) is 0 Å². The Morgan fingerprint density at radius 2 is 1.57 bits per heavy atom. The lowest BCUT2D eigenvalue weighted by Crippen LogP contribution is -2.04. The molecule has 0 heterocycles. The number of hydrogen-bond donors (Lipinski definition) is 0. The summed E-state index contributed by atoms with van der Waals surface area (Å²) in [5, 5.41) is 0. The number of carbonyl (C=O) groups excluding carboxylic acids is 1. The molecule has 0 atom stereocenters. The van der Waals surface area contributed by atoms with Gasteiger partial charge in [-0.3, -0.25) is 4.79 Å². The summed E-state index contributed by atoms with van der Waals surface area (Å²) in [7, 11) is 0. The van der Waals surface area contributed by atoms with Crippen LogP contribution in [-0.4, -0.2) is 6.47 Å². The van der Waals surface area contributed by atoms with Crippen molar-refractivity contribution in [2.24, 2.45) is 0 Å². The molecule has 14 heavy (non-hydrogen) atoms. The molecule has 1 aromatic rings. The van der Waals surface area contributed by atoms with Crippen LogP contribution in [0.1, 0.15) is 5.56 Å². The topological polar surface area (TPSA) is 26.3 Å². The third-order valence-corrected chi connectivity index (χ3v) is 1.61. The number of hydrogen-bond acceptors (Lipinski definition) is 2. The minimum atomic E-state index is -1.87. The summed E-state index contributed by atoms with van der Waals surface area (Å²) in [6, 6.07) is 0. The first-order valence-electron chi connectivity index (χ1n) is 3.43. The van der Waals surface area contributed by atoms with Gasteiger partial charge >= 0.3 is 0 Å². The Morgan fingerprint density at radius 1 is 1.00 bits per heavy atom. The summed E-state index contributed by atoms with van der Waals surface area (Å²) in [6.45, 7) is 0.614.